The Balaban J connectivity index is 2.23. The number of nitrogens with zero attached hydrogens (tertiary/aromatic N) is 1. The molecule has 0 aliphatic heterocycles. The summed E-state index contributed by atoms with van der Waals surface area (Å²) in [7, 11) is 0. The van der Waals surface area contributed by atoms with Crippen LogP contribution in [0.1, 0.15) is 29.8 Å². The summed E-state index contributed by atoms with van der Waals surface area (Å²) in [5.41, 5.74) is -2.74. The maximum Gasteiger partial charge on any atom is 0.420 e. The Morgan fingerprint density at radius 2 is 1.78 bits per heavy atom. The van der Waals surface area contributed by atoms with E-state index in [4.69, 9.17) is 0 Å². The standard InChI is InChI=1S/C23H23F5N2OS/c1-4-32-12-22(31,23(26,27)28)21(16-10-11-17(24)14(3)20(16)25)30-19-7-5-6-18-15(19)9-8-13(2)29-18/h5-11,21,30-31H,4,12H2,1-3H3. The van der Waals surface area contributed by atoms with E-state index >= 15 is 4.39 Å². The van der Waals surface area contributed by atoms with Crippen molar-refractivity contribution in [2.45, 2.75) is 38.6 Å². The van der Waals surface area contributed by atoms with Crippen LogP contribution >= 0.6 is 11.8 Å². The van der Waals surface area contributed by atoms with E-state index < -0.39 is 46.3 Å². The molecule has 3 nitrogen and oxygen atoms in total. The highest BCUT2D eigenvalue weighted by atomic mass is 32.2. The lowest BCUT2D eigenvalue weighted by Gasteiger charge is -2.39. The molecule has 0 saturated carbocycles. The summed E-state index contributed by atoms with van der Waals surface area (Å²) in [6.45, 7) is 4.58. The number of fused-ring (bicyclic) bond motifs is 1. The molecule has 9 heteroatoms. The molecule has 3 aromatic rings. The molecular weight excluding hydrogens is 447 g/mol. The van der Waals surface area contributed by atoms with Gasteiger partial charge in [-0.1, -0.05) is 19.1 Å². The van der Waals surface area contributed by atoms with Crippen molar-refractivity contribution in [3.63, 3.8) is 0 Å². The molecule has 1 heterocycles. The fourth-order valence-corrected chi connectivity index (χ4v) is 4.33. The predicted molar refractivity (Wildman–Crippen MR) is 118 cm³/mol. The number of benzene rings is 2. The molecule has 0 saturated heterocycles. The Morgan fingerprint density at radius 3 is 2.44 bits per heavy atom. The lowest BCUT2D eigenvalue weighted by molar-refractivity contribution is -0.256. The summed E-state index contributed by atoms with van der Waals surface area (Å²) in [6, 6.07) is 8.14. The number of alkyl halides is 3. The van der Waals surface area contributed by atoms with Gasteiger partial charge in [0.25, 0.3) is 0 Å². The Kier molecular flexibility index (Phi) is 7.00. The first kappa shape index (κ1) is 24.3. The number of aryl methyl sites for hydroxylation is 1. The maximum atomic E-state index is 15.0. The summed E-state index contributed by atoms with van der Waals surface area (Å²) in [6.07, 6.45) is -5.10. The largest absolute Gasteiger partial charge is 0.420 e. The van der Waals surface area contributed by atoms with Crippen molar-refractivity contribution in [3.8, 4) is 0 Å². The molecule has 0 aliphatic rings. The van der Waals surface area contributed by atoms with E-state index in [1.165, 1.54) is 6.07 Å². The summed E-state index contributed by atoms with van der Waals surface area (Å²) in [4.78, 5) is 4.37. The zero-order valence-electron chi connectivity index (χ0n) is 17.7. The van der Waals surface area contributed by atoms with E-state index in [0.29, 0.717) is 16.7 Å². The number of halogens is 5. The Morgan fingerprint density at radius 1 is 1.06 bits per heavy atom. The van der Waals surface area contributed by atoms with Gasteiger partial charge in [-0.3, -0.25) is 4.98 Å². The summed E-state index contributed by atoms with van der Waals surface area (Å²) in [5, 5.41) is 14.2. The van der Waals surface area contributed by atoms with Gasteiger partial charge in [-0.2, -0.15) is 24.9 Å². The normalized spacial score (nSPS) is 14.9. The van der Waals surface area contributed by atoms with Crippen LogP contribution in [0, 0.1) is 25.5 Å². The number of hydrogen-bond donors (Lipinski definition) is 2. The molecule has 3 rings (SSSR count). The lowest BCUT2D eigenvalue weighted by atomic mass is 9.87. The van der Waals surface area contributed by atoms with Gasteiger partial charge in [0.15, 0.2) is 5.60 Å². The average Bonchev–Trinajstić information content (AvgIpc) is 2.73. The van der Waals surface area contributed by atoms with Crippen molar-refractivity contribution in [3.05, 3.63) is 70.9 Å². The van der Waals surface area contributed by atoms with Crippen molar-refractivity contribution < 1.29 is 27.1 Å². The van der Waals surface area contributed by atoms with Crippen molar-refractivity contribution in [1.82, 2.24) is 4.98 Å². The lowest BCUT2D eigenvalue weighted by Crippen LogP contribution is -2.55. The molecule has 2 unspecified atom stereocenters. The molecule has 2 aromatic carbocycles. The Bertz CT molecular complexity index is 1120. The smallest absolute Gasteiger partial charge is 0.378 e. The quantitative estimate of drug-likeness (QED) is 0.396. The molecule has 172 valence electrons. The van der Waals surface area contributed by atoms with Crippen LogP contribution in [0.5, 0.6) is 0 Å². The number of aliphatic hydroxyl groups is 1. The summed E-state index contributed by atoms with van der Waals surface area (Å²) >= 11 is 0.875. The van der Waals surface area contributed by atoms with Gasteiger partial charge in [-0.05, 0) is 49.9 Å². The monoisotopic (exact) mass is 470 g/mol. The maximum absolute atomic E-state index is 15.0. The Hall–Kier alpha value is -2.39. The minimum absolute atomic E-state index is 0.241. The average molecular weight is 471 g/mol. The first-order valence-corrected chi connectivity index (χ1v) is 11.1. The van der Waals surface area contributed by atoms with Gasteiger partial charge >= 0.3 is 6.18 Å². The van der Waals surface area contributed by atoms with Crippen LogP contribution in [0.3, 0.4) is 0 Å². The van der Waals surface area contributed by atoms with E-state index in [1.54, 1.807) is 38.1 Å². The molecule has 32 heavy (non-hydrogen) atoms. The number of hydrogen-bond acceptors (Lipinski definition) is 4. The van der Waals surface area contributed by atoms with Crippen molar-refractivity contribution >= 4 is 28.4 Å². The van der Waals surface area contributed by atoms with Crippen LogP contribution in [0.2, 0.25) is 0 Å². The number of rotatable bonds is 7. The topological polar surface area (TPSA) is 45.1 Å². The third-order valence-electron chi connectivity index (χ3n) is 5.33. The molecular formula is C23H23F5N2OS. The van der Waals surface area contributed by atoms with Gasteiger partial charge in [-0.25, -0.2) is 8.78 Å². The number of pyridine rings is 1. The van der Waals surface area contributed by atoms with Gasteiger partial charge in [0, 0.05) is 33.6 Å². The van der Waals surface area contributed by atoms with E-state index in [-0.39, 0.29) is 5.69 Å². The van der Waals surface area contributed by atoms with Crippen LogP contribution < -0.4 is 5.32 Å². The van der Waals surface area contributed by atoms with E-state index in [2.05, 4.69) is 10.3 Å². The number of aromatic nitrogens is 1. The second-order valence-electron chi connectivity index (χ2n) is 7.54. The number of anilines is 1. The van der Waals surface area contributed by atoms with Crippen LogP contribution in [0.4, 0.5) is 27.6 Å². The third kappa shape index (κ3) is 4.54. The molecule has 0 amide bonds. The molecule has 2 atom stereocenters. The fraction of sp³-hybridized carbons (Fsp3) is 0.348. The second kappa shape index (κ2) is 9.23. The van der Waals surface area contributed by atoms with Crippen molar-refractivity contribution in [2.75, 3.05) is 16.8 Å². The molecule has 0 bridgehead atoms. The summed E-state index contributed by atoms with van der Waals surface area (Å²) < 4.78 is 71.6. The van der Waals surface area contributed by atoms with Crippen molar-refractivity contribution in [2.24, 2.45) is 0 Å². The SMILES string of the molecule is CCSCC(O)(C(Nc1cccc2nc(C)ccc12)c1ccc(F)c(C)c1F)C(F)(F)F. The van der Waals surface area contributed by atoms with Crippen LogP contribution in [-0.2, 0) is 0 Å². The van der Waals surface area contributed by atoms with Gasteiger partial charge in [0.1, 0.15) is 11.6 Å². The van der Waals surface area contributed by atoms with Gasteiger partial charge in [0.05, 0.1) is 11.6 Å². The van der Waals surface area contributed by atoms with Crippen LogP contribution in [0.25, 0.3) is 10.9 Å². The van der Waals surface area contributed by atoms with Crippen LogP contribution in [0.15, 0.2) is 42.5 Å². The fourth-order valence-electron chi connectivity index (χ4n) is 3.48. The highest BCUT2D eigenvalue weighted by Gasteiger charge is 2.59. The van der Waals surface area contributed by atoms with Gasteiger partial charge < -0.3 is 10.4 Å². The zero-order valence-corrected chi connectivity index (χ0v) is 18.5. The minimum atomic E-state index is -5.10. The molecule has 0 spiro atoms. The number of nitrogens with one attached hydrogen (secondary N) is 1. The first-order valence-electron chi connectivity index (χ1n) is 9.94. The molecule has 0 radical (unpaired) electrons. The van der Waals surface area contributed by atoms with Gasteiger partial charge in [0.2, 0.25) is 0 Å². The molecule has 1 aromatic heterocycles. The first-order chi connectivity index (χ1) is 15.0. The van der Waals surface area contributed by atoms with E-state index in [9.17, 15) is 22.7 Å². The third-order valence-corrected chi connectivity index (χ3v) is 6.38. The van der Waals surface area contributed by atoms with Gasteiger partial charge in [-0.15, -0.1) is 0 Å². The van der Waals surface area contributed by atoms with Crippen LogP contribution in [-0.4, -0.2) is 33.4 Å². The molecule has 2 N–H and O–H groups in total. The zero-order chi connectivity index (χ0) is 23.7. The second-order valence-corrected chi connectivity index (χ2v) is 8.81. The highest BCUT2D eigenvalue weighted by molar-refractivity contribution is 7.99. The molecule has 0 fully saturated rings. The predicted octanol–water partition coefficient (Wildman–Crippen LogP) is 6.33. The molecule has 0 aliphatic carbocycles. The van der Waals surface area contributed by atoms with Crippen molar-refractivity contribution in [1.29, 1.82) is 0 Å². The number of thioether (sulfide) groups is 1. The minimum Gasteiger partial charge on any atom is -0.378 e. The summed E-state index contributed by atoms with van der Waals surface area (Å²) in [5.74, 6) is -2.44. The van der Waals surface area contributed by atoms with E-state index in [1.807, 2.05) is 0 Å². The van der Waals surface area contributed by atoms with E-state index in [0.717, 1.165) is 36.5 Å². The Labute approximate surface area is 187 Å². The highest BCUT2D eigenvalue weighted by Crippen LogP contribution is 2.45.